The van der Waals surface area contributed by atoms with E-state index in [1.54, 1.807) is 6.08 Å². The molecule has 4 heteroatoms. The fourth-order valence-corrected chi connectivity index (χ4v) is 3.91. The topological polar surface area (TPSA) is 46.4 Å². The Morgan fingerprint density at radius 2 is 2.05 bits per heavy atom. The Balaban J connectivity index is 2.58. The lowest BCUT2D eigenvalue weighted by Crippen LogP contribution is -2.51. The second-order valence-corrected chi connectivity index (χ2v) is 7.25. The molecule has 1 aromatic rings. The SMILES string of the molecule is Cc1cc2c(cc1/C=C\[N+](=O)[O-])[C@H](C)CC(C)(C)N2C(C)C. The minimum atomic E-state index is -0.411. The van der Waals surface area contributed by atoms with E-state index in [4.69, 9.17) is 0 Å². The van der Waals surface area contributed by atoms with Crippen molar-refractivity contribution in [2.75, 3.05) is 4.90 Å². The first-order valence-electron chi connectivity index (χ1n) is 7.89. The first kappa shape index (κ1) is 16.5. The molecule has 0 aromatic heterocycles. The number of fused-ring (bicyclic) bond motifs is 1. The fourth-order valence-electron chi connectivity index (χ4n) is 3.91. The van der Waals surface area contributed by atoms with Gasteiger partial charge in [-0.3, -0.25) is 10.1 Å². The zero-order valence-electron chi connectivity index (χ0n) is 14.4. The van der Waals surface area contributed by atoms with Crippen LogP contribution < -0.4 is 4.90 Å². The maximum Gasteiger partial charge on any atom is 0.235 e. The van der Waals surface area contributed by atoms with Crippen LogP contribution in [-0.4, -0.2) is 16.5 Å². The molecule has 0 bridgehead atoms. The molecule has 0 radical (unpaired) electrons. The third-order valence-electron chi connectivity index (χ3n) is 4.56. The minimum absolute atomic E-state index is 0.116. The van der Waals surface area contributed by atoms with Crippen LogP contribution in [0.2, 0.25) is 0 Å². The Morgan fingerprint density at radius 1 is 1.41 bits per heavy atom. The number of hydrogen-bond acceptors (Lipinski definition) is 3. The number of nitrogens with zero attached hydrogens (tertiary/aromatic N) is 2. The van der Waals surface area contributed by atoms with Gasteiger partial charge in [-0.1, -0.05) is 6.92 Å². The van der Waals surface area contributed by atoms with Crippen LogP contribution in [0.3, 0.4) is 0 Å². The number of aryl methyl sites for hydroxylation is 1. The summed E-state index contributed by atoms with van der Waals surface area (Å²) in [5.74, 6) is 0.448. The molecule has 120 valence electrons. The van der Waals surface area contributed by atoms with Crippen molar-refractivity contribution >= 4 is 11.8 Å². The fraction of sp³-hybridized carbons (Fsp3) is 0.556. The van der Waals surface area contributed by atoms with Crippen LogP contribution in [0.25, 0.3) is 6.08 Å². The van der Waals surface area contributed by atoms with Crippen molar-refractivity contribution in [3.63, 3.8) is 0 Å². The van der Waals surface area contributed by atoms with Gasteiger partial charge in [0.2, 0.25) is 6.20 Å². The summed E-state index contributed by atoms with van der Waals surface area (Å²) in [5, 5.41) is 10.6. The second-order valence-electron chi connectivity index (χ2n) is 7.25. The molecule has 0 amide bonds. The molecule has 4 nitrogen and oxygen atoms in total. The first-order chi connectivity index (χ1) is 10.1. The zero-order valence-corrected chi connectivity index (χ0v) is 14.4. The van der Waals surface area contributed by atoms with Gasteiger partial charge in [0.1, 0.15) is 0 Å². The molecule has 0 saturated heterocycles. The van der Waals surface area contributed by atoms with E-state index in [-0.39, 0.29) is 5.54 Å². The van der Waals surface area contributed by atoms with Gasteiger partial charge in [-0.05, 0) is 75.8 Å². The molecule has 1 heterocycles. The van der Waals surface area contributed by atoms with Crippen molar-refractivity contribution in [2.45, 2.75) is 65.5 Å². The van der Waals surface area contributed by atoms with E-state index in [9.17, 15) is 10.1 Å². The number of hydrogen-bond donors (Lipinski definition) is 0. The number of anilines is 1. The molecule has 22 heavy (non-hydrogen) atoms. The minimum Gasteiger partial charge on any atom is -0.364 e. The largest absolute Gasteiger partial charge is 0.364 e. The number of rotatable bonds is 3. The predicted octanol–water partition coefficient (Wildman–Crippen LogP) is 4.74. The van der Waals surface area contributed by atoms with Crippen molar-refractivity contribution in [3.05, 3.63) is 45.1 Å². The molecule has 1 aromatic carbocycles. The molecule has 0 N–H and O–H groups in total. The summed E-state index contributed by atoms with van der Waals surface area (Å²) in [4.78, 5) is 12.6. The van der Waals surface area contributed by atoms with Crippen LogP contribution in [-0.2, 0) is 0 Å². The van der Waals surface area contributed by atoms with Gasteiger partial charge in [-0.25, -0.2) is 0 Å². The van der Waals surface area contributed by atoms with Gasteiger partial charge in [-0.2, -0.15) is 0 Å². The molecular formula is C18H26N2O2. The summed E-state index contributed by atoms with van der Waals surface area (Å²) < 4.78 is 0. The van der Waals surface area contributed by atoms with E-state index >= 15 is 0 Å². The van der Waals surface area contributed by atoms with Gasteiger partial charge in [0.25, 0.3) is 0 Å². The monoisotopic (exact) mass is 302 g/mol. The van der Waals surface area contributed by atoms with E-state index < -0.39 is 4.92 Å². The summed E-state index contributed by atoms with van der Waals surface area (Å²) in [5.41, 5.74) is 4.69. The van der Waals surface area contributed by atoms with Gasteiger partial charge < -0.3 is 4.90 Å². The maximum atomic E-state index is 10.6. The van der Waals surface area contributed by atoms with Gasteiger partial charge in [0, 0.05) is 23.3 Å². The Hall–Kier alpha value is -1.84. The summed E-state index contributed by atoms with van der Waals surface area (Å²) in [6, 6.07) is 4.73. The van der Waals surface area contributed by atoms with E-state index in [2.05, 4.69) is 51.7 Å². The van der Waals surface area contributed by atoms with Crippen molar-refractivity contribution in [1.82, 2.24) is 0 Å². The van der Waals surface area contributed by atoms with Crippen LogP contribution in [0, 0.1) is 17.0 Å². The molecule has 1 atom stereocenters. The van der Waals surface area contributed by atoms with Gasteiger partial charge in [0.15, 0.2) is 0 Å². The van der Waals surface area contributed by atoms with Gasteiger partial charge in [-0.15, -0.1) is 0 Å². The Morgan fingerprint density at radius 3 is 2.59 bits per heavy atom. The highest BCUT2D eigenvalue weighted by Gasteiger charge is 2.37. The molecule has 1 aliphatic heterocycles. The molecule has 2 rings (SSSR count). The van der Waals surface area contributed by atoms with Crippen molar-refractivity contribution in [1.29, 1.82) is 0 Å². The maximum absolute atomic E-state index is 10.6. The van der Waals surface area contributed by atoms with Crippen LogP contribution >= 0.6 is 0 Å². The van der Waals surface area contributed by atoms with Crippen LogP contribution in [0.4, 0.5) is 5.69 Å². The number of nitro groups is 1. The van der Waals surface area contributed by atoms with Crippen molar-refractivity contribution in [2.24, 2.45) is 0 Å². The Bertz CT molecular complexity index is 618. The smallest absolute Gasteiger partial charge is 0.235 e. The summed E-state index contributed by atoms with van der Waals surface area (Å²) in [6.45, 7) is 13.3. The first-order valence-corrected chi connectivity index (χ1v) is 7.89. The van der Waals surface area contributed by atoms with E-state index in [0.717, 1.165) is 23.7 Å². The highest BCUT2D eigenvalue weighted by Crippen LogP contribution is 2.45. The van der Waals surface area contributed by atoms with Crippen molar-refractivity contribution < 1.29 is 4.92 Å². The molecule has 0 unspecified atom stereocenters. The van der Waals surface area contributed by atoms with E-state index in [1.165, 1.54) is 11.3 Å². The Labute approximate surface area is 133 Å². The highest BCUT2D eigenvalue weighted by atomic mass is 16.6. The molecular weight excluding hydrogens is 276 g/mol. The molecule has 0 fully saturated rings. The summed E-state index contributed by atoms with van der Waals surface area (Å²) >= 11 is 0. The third kappa shape index (κ3) is 3.01. The lowest BCUT2D eigenvalue weighted by atomic mass is 9.78. The summed E-state index contributed by atoms with van der Waals surface area (Å²) in [7, 11) is 0. The molecule has 0 saturated carbocycles. The standard InChI is InChI=1S/C18H26N2O2/c1-12(2)20-17-9-13(3)15(7-8-19(21)22)10-16(17)14(4)11-18(20,5)6/h7-10,12,14H,11H2,1-6H3/b8-7-/t14-/m1/s1. The lowest BCUT2D eigenvalue weighted by molar-refractivity contribution is -0.400. The second kappa shape index (κ2) is 5.75. The molecule has 0 aliphatic carbocycles. The summed E-state index contributed by atoms with van der Waals surface area (Å²) in [6.07, 6.45) is 3.70. The van der Waals surface area contributed by atoms with Crippen LogP contribution in [0.5, 0.6) is 0 Å². The normalized spacial score (nSPS) is 20.5. The number of benzene rings is 1. The Kier molecular flexibility index (Phi) is 4.32. The molecule has 1 aliphatic rings. The quantitative estimate of drug-likeness (QED) is 0.598. The zero-order chi connectivity index (χ0) is 16.7. The lowest BCUT2D eigenvalue weighted by Gasteiger charge is -2.50. The van der Waals surface area contributed by atoms with E-state index in [1.807, 2.05) is 6.92 Å². The average molecular weight is 302 g/mol. The average Bonchev–Trinajstić information content (AvgIpc) is 2.34. The third-order valence-corrected chi connectivity index (χ3v) is 4.56. The van der Waals surface area contributed by atoms with Crippen molar-refractivity contribution in [3.8, 4) is 0 Å². The van der Waals surface area contributed by atoms with Crippen LogP contribution in [0.1, 0.15) is 63.6 Å². The van der Waals surface area contributed by atoms with Gasteiger partial charge in [0.05, 0.1) is 4.92 Å². The molecule has 0 spiro atoms. The van der Waals surface area contributed by atoms with Gasteiger partial charge >= 0.3 is 0 Å². The van der Waals surface area contributed by atoms with E-state index in [0.29, 0.717) is 12.0 Å². The predicted molar refractivity (Wildman–Crippen MR) is 91.9 cm³/mol. The highest BCUT2D eigenvalue weighted by molar-refractivity contribution is 5.67. The van der Waals surface area contributed by atoms with Crippen LogP contribution in [0.15, 0.2) is 18.3 Å².